The first-order chi connectivity index (χ1) is 12.4. The Morgan fingerprint density at radius 1 is 0.923 bits per heavy atom. The number of carbonyl (C=O) groups excluding carboxylic acids is 2. The van der Waals surface area contributed by atoms with Crippen LogP contribution in [-0.2, 0) is 19.1 Å². The number of carbonyl (C=O) groups is 2. The predicted octanol–water partition coefficient (Wildman–Crippen LogP) is 4.58. The Bertz CT molecular complexity index is 371. The molecule has 0 saturated heterocycles. The Labute approximate surface area is 160 Å². The lowest BCUT2D eigenvalue weighted by molar-refractivity contribution is -0.162. The standard InChI is InChI=1S/C21H41NO4/c1-6-8-10-14-19(13-9-7-2)20(17-25-18(3)23)26-21(24)15-11-12-16-22(4)5/h19-20H,6-17H2,1-5H3. The van der Waals surface area contributed by atoms with Crippen molar-refractivity contribution in [3.63, 3.8) is 0 Å². The lowest BCUT2D eigenvalue weighted by Gasteiger charge is -2.27. The molecule has 26 heavy (non-hydrogen) atoms. The number of unbranched alkanes of at least 4 members (excludes halogenated alkanes) is 4. The van der Waals surface area contributed by atoms with Gasteiger partial charge in [-0.25, -0.2) is 0 Å². The lowest BCUT2D eigenvalue weighted by atomic mass is 9.90. The first-order valence-electron chi connectivity index (χ1n) is 10.4. The highest BCUT2D eigenvalue weighted by molar-refractivity contribution is 5.69. The molecule has 0 aromatic rings. The van der Waals surface area contributed by atoms with E-state index in [9.17, 15) is 9.59 Å². The average molecular weight is 372 g/mol. The van der Waals surface area contributed by atoms with Crippen molar-refractivity contribution in [2.75, 3.05) is 27.2 Å². The molecule has 154 valence electrons. The van der Waals surface area contributed by atoms with Crippen LogP contribution in [-0.4, -0.2) is 50.2 Å². The highest BCUT2D eigenvalue weighted by Gasteiger charge is 2.26. The molecule has 0 heterocycles. The summed E-state index contributed by atoms with van der Waals surface area (Å²) in [5.41, 5.74) is 0. The largest absolute Gasteiger partial charge is 0.462 e. The molecule has 0 spiro atoms. The van der Waals surface area contributed by atoms with Gasteiger partial charge in [0.05, 0.1) is 0 Å². The minimum Gasteiger partial charge on any atom is -0.462 e. The number of rotatable bonds is 16. The minimum atomic E-state index is -0.320. The zero-order valence-electron chi connectivity index (χ0n) is 17.7. The molecular formula is C21H41NO4. The number of ether oxygens (including phenoxy) is 2. The Kier molecular flexibility index (Phi) is 15.4. The van der Waals surface area contributed by atoms with E-state index in [1.807, 2.05) is 14.1 Å². The molecule has 0 rings (SSSR count). The first-order valence-corrected chi connectivity index (χ1v) is 10.4. The molecule has 0 N–H and O–H groups in total. The van der Waals surface area contributed by atoms with Crippen molar-refractivity contribution in [1.82, 2.24) is 4.90 Å². The Morgan fingerprint density at radius 3 is 2.15 bits per heavy atom. The monoisotopic (exact) mass is 371 g/mol. The minimum absolute atomic E-state index is 0.169. The highest BCUT2D eigenvalue weighted by atomic mass is 16.6. The SMILES string of the molecule is CCCCCC(CCCC)C(COC(C)=O)OC(=O)CCCCN(C)C. The van der Waals surface area contributed by atoms with Crippen LogP contribution in [0.15, 0.2) is 0 Å². The summed E-state index contributed by atoms with van der Waals surface area (Å²) in [5.74, 6) is -0.218. The van der Waals surface area contributed by atoms with E-state index in [2.05, 4.69) is 18.7 Å². The summed E-state index contributed by atoms with van der Waals surface area (Å²) in [7, 11) is 4.06. The normalized spacial score (nSPS) is 13.5. The zero-order chi connectivity index (χ0) is 19.8. The van der Waals surface area contributed by atoms with E-state index in [1.54, 1.807) is 0 Å². The van der Waals surface area contributed by atoms with Gasteiger partial charge in [0.25, 0.3) is 0 Å². The van der Waals surface area contributed by atoms with Crippen LogP contribution >= 0.6 is 0 Å². The van der Waals surface area contributed by atoms with Crippen LogP contribution in [0.3, 0.4) is 0 Å². The molecule has 0 aliphatic carbocycles. The second-order valence-electron chi connectivity index (χ2n) is 7.49. The van der Waals surface area contributed by atoms with Crippen LogP contribution in [0, 0.1) is 5.92 Å². The van der Waals surface area contributed by atoms with Gasteiger partial charge < -0.3 is 14.4 Å². The summed E-state index contributed by atoms with van der Waals surface area (Å²) >= 11 is 0. The van der Waals surface area contributed by atoms with Crippen molar-refractivity contribution in [3.8, 4) is 0 Å². The van der Waals surface area contributed by atoms with Gasteiger partial charge in [-0.2, -0.15) is 0 Å². The van der Waals surface area contributed by atoms with Crippen molar-refractivity contribution < 1.29 is 19.1 Å². The molecule has 0 aliphatic rings. The molecule has 2 unspecified atom stereocenters. The van der Waals surface area contributed by atoms with Gasteiger partial charge in [-0.15, -0.1) is 0 Å². The molecule has 0 saturated carbocycles. The summed E-state index contributed by atoms with van der Waals surface area (Å²) in [4.78, 5) is 25.6. The summed E-state index contributed by atoms with van der Waals surface area (Å²) < 4.78 is 11.0. The predicted molar refractivity (Wildman–Crippen MR) is 106 cm³/mol. The molecule has 0 aliphatic heterocycles. The summed E-state index contributed by atoms with van der Waals surface area (Å²) in [6.07, 6.45) is 9.65. The third-order valence-corrected chi connectivity index (χ3v) is 4.60. The first kappa shape index (κ1) is 24.9. The van der Waals surface area contributed by atoms with Gasteiger partial charge >= 0.3 is 11.9 Å². The summed E-state index contributed by atoms with van der Waals surface area (Å²) in [5, 5.41) is 0. The molecule has 0 aromatic heterocycles. The van der Waals surface area contributed by atoms with Gasteiger partial charge in [-0.05, 0) is 52.2 Å². The van der Waals surface area contributed by atoms with E-state index in [0.717, 1.165) is 51.5 Å². The number of hydrogen-bond acceptors (Lipinski definition) is 5. The smallest absolute Gasteiger partial charge is 0.306 e. The van der Waals surface area contributed by atoms with Crippen molar-refractivity contribution >= 4 is 11.9 Å². The molecule has 2 atom stereocenters. The topological polar surface area (TPSA) is 55.8 Å². The van der Waals surface area contributed by atoms with Gasteiger partial charge in [0.2, 0.25) is 0 Å². The fourth-order valence-corrected chi connectivity index (χ4v) is 3.03. The maximum atomic E-state index is 12.3. The summed E-state index contributed by atoms with van der Waals surface area (Å²) in [6.45, 7) is 6.91. The summed E-state index contributed by atoms with van der Waals surface area (Å²) in [6, 6.07) is 0. The Balaban J connectivity index is 4.67. The fraction of sp³-hybridized carbons (Fsp3) is 0.905. The van der Waals surface area contributed by atoms with Gasteiger partial charge in [0, 0.05) is 13.3 Å². The second kappa shape index (κ2) is 16.1. The van der Waals surface area contributed by atoms with Crippen molar-refractivity contribution in [2.24, 2.45) is 5.92 Å². The number of esters is 2. The third-order valence-electron chi connectivity index (χ3n) is 4.60. The van der Waals surface area contributed by atoms with Crippen LogP contribution in [0.25, 0.3) is 0 Å². The number of nitrogens with zero attached hydrogens (tertiary/aromatic N) is 1. The molecular weight excluding hydrogens is 330 g/mol. The van der Waals surface area contributed by atoms with E-state index in [4.69, 9.17) is 9.47 Å². The fourth-order valence-electron chi connectivity index (χ4n) is 3.03. The van der Waals surface area contributed by atoms with Crippen LogP contribution in [0.5, 0.6) is 0 Å². The van der Waals surface area contributed by atoms with E-state index in [1.165, 1.54) is 19.8 Å². The van der Waals surface area contributed by atoms with Gasteiger partial charge in [0.15, 0.2) is 0 Å². The quantitative estimate of drug-likeness (QED) is 0.294. The van der Waals surface area contributed by atoms with Crippen LogP contribution < -0.4 is 0 Å². The van der Waals surface area contributed by atoms with E-state index >= 15 is 0 Å². The van der Waals surface area contributed by atoms with Gasteiger partial charge in [-0.1, -0.05) is 46.0 Å². The highest BCUT2D eigenvalue weighted by Crippen LogP contribution is 2.24. The molecule has 0 amide bonds. The molecule has 5 heteroatoms. The van der Waals surface area contributed by atoms with Gasteiger partial charge in [0.1, 0.15) is 12.7 Å². The molecule has 5 nitrogen and oxygen atoms in total. The van der Waals surface area contributed by atoms with Crippen LogP contribution in [0.1, 0.15) is 85.0 Å². The Hall–Kier alpha value is -1.10. The molecule has 0 fully saturated rings. The zero-order valence-corrected chi connectivity index (χ0v) is 17.7. The van der Waals surface area contributed by atoms with Gasteiger partial charge in [-0.3, -0.25) is 9.59 Å². The third kappa shape index (κ3) is 14.1. The van der Waals surface area contributed by atoms with Crippen LogP contribution in [0.4, 0.5) is 0 Å². The van der Waals surface area contributed by atoms with E-state index in [-0.39, 0.29) is 30.6 Å². The van der Waals surface area contributed by atoms with Crippen LogP contribution in [0.2, 0.25) is 0 Å². The number of hydrogen-bond donors (Lipinski definition) is 0. The maximum absolute atomic E-state index is 12.3. The Morgan fingerprint density at radius 2 is 1.58 bits per heavy atom. The van der Waals surface area contributed by atoms with E-state index in [0.29, 0.717) is 6.42 Å². The van der Waals surface area contributed by atoms with Crippen molar-refractivity contribution in [2.45, 2.75) is 91.1 Å². The molecule has 0 aromatic carbocycles. The maximum Gasteiger partial charge on any atom is 0.306 e. The second-order valence-corrected chi connectivity index (χ2v) is 7.49. The average Bonchev–Trinajstić information content (AvgIpc) is 2.58. The lowest BCUT2D eigenvalue weighted by Crippen LogP contribution is -2.32. The molecule has 0 bridgehead atoms. The molecule has 0 radical (unpaired) electrons. The van der Waals surface area contributed by atoms with E-state index < -0.39 is 0 Å². The van der Waals surface area contributed by atoms with Crippen molar-refractivity contribution in [3.05, 3.63) is 0 Å². The van der Waals surface area contributed by atoms with Crippen molar-refractivity contribution in [1.29, 1.82) is 0 Å².